The fraction of sp³-hybridized carbons (Fsp3) is 0.500. The Kier molecular flexibility index (Phi) is 3.67. The van der Waals surface area contributed by atoms with Crippen molar-refractivity contribution in [3.8, 4) is 5.75 Å². The van der Waals surface area contributed by atoms with Gasteiger partial charge in [-0.05, 0) is 12.5 Å². The van der Waals surface area contributed by atoms with Gasteiger partial charge in [-0.25, -0.2) is 0 Å². The minimum absolute atomic E-state index is 0.0741. The molecule has 1 aromatic rings. The van der Waals surface area contributed by atoms with E-state index >= 15 is 0 Å². The van der Waals surface area contributed by atoms with E-state index in [1.807, 2.05) is 38.1 Å². The van der Waals surface area contributed by atoms with Crippen LogP contribution < -0.4 is 10.1 Å². The molecule has 0 aromatic heterocycles. The molecule has 0 radical (unpaired) electrons. The van der Waals surface area contributed by atoms with Crippen LogP contribution in [0.4, 0.5) is 0 Å². The molecule has 0 fully saturated rings. The summed E-state index contributed by atoms with van der Waals surface area (Å²) in [6.45, 7) is 4.66. The second-order valence-corrected chi connectivity index (χ2v) is 4.55. The quantitative estimate of drug-likeness (QED) is 0.871. The van der Waals surface area contributed by atoms with E-state index in [0.717, 1.165) is 24.2 Å². The number of fused-ring (bicyclic) bond motifs is 1. The molecule has 1 amide bonds. The maximum atomic E-state index is 11.9. The summed E-state index contributed by atoms with van der Waals surface area (Å²) in [5.41, 5.74) is 1.09. The van der Waals surface area contributed by atoms with Crippen molar-refractivity contribution in [2.75, 3.05) is 6.61 Å². The zero-order valence-corrected chi connectivity index (χ0v) is 10.4. The summed E-state index contributed by atoms with van der Waals surface area (Å²) < 4.78 is 5.57. The Labute approximate surface area is 102 Å². The SMILES string of the molecule is CC[C@@H](C)C(=O)N[C@@H]1CCOc2ccccc21. The van der Waals surface area contributed by atoms with Crippen molar-refractivity contribution < 1.29 is 9.53 Å². The lowest BCUT2D eigenvalue weighted by molar-refractivity contribution is -0.125. The van der Waals surface area contributed by atoms with E-state index in [4.69, 9.17) is 4.74 Å². The molecule has 1 aliphatic heterocycles. The lowest BCUT2D eigenvalue weighted by Gasteiger charge is -2.27. The number of rotatable bonds is 3. The number of nitrogens with one attached hydrogen (secondary N) is 1. The van der Waals surface area contributed by atoms with Gasteiger partial charge >= 0.3 is 0 Å². The largest absolute Gasteiger partial charge is 0.493 e. The molecule has 0 saturated carbocycles. The van der Waals surface area contributed by atoms with Crippen LogP contribution >= 0.6 is 0 Å². The van der Waals surface area contributed by atoms with Crippen molar-refractivity contribution in [1.82, 2.24) is 5.32 Å². The zero-order chi connectivity index (χ0) is 12.3. The van der Waals surface area contributed by atoms with Crippen molar-refractivity contribution in [1.29, 1.82) is 0 Å². The molecule has 2 rings (SSSR count). The molecular formula is C14H19NO2. The Balaban J connectivity index is 2.11. The molecule has 2 atom stereocenters. The number of para-hydroxylation sites is 1. The number of amides is 1. The lowest BCUT2D eigenvalue weighted by Crippen LogP contribution is -2.35. The molecule has 1 heterocycles. The first kappa shape index (κ1) is 12.0. The Morgan fingerprint density at radius 3 is 3.06 bits per heavy atom. The van der Waals surface area contributed by atoms with E-state index in [2.05, 4.69) is 5.32 Å². The third-order valence-electron chi connectivity index (χ3n) is 3.33. The number of hydrogen-bond donors (Lipinski definition) is 1. The maximum absolute atomic E-state index is 11.9. The number of hydrogen-bond acceptors (Lipinski definition) is 2. The summed E-state index contributed by atoms with van der Waals surface area (Å²) in [6.07, 6.45) is 1.72. The van der Waals surface area contributed by atoms with Crippen LogP contribution in [0.1, 0.15) is 38.3 Å². The summed E-state index contributed by atoms with van der Waals surface area (Å²) in [6, 6.07) is 8.02. The summed E-state index contributed by atoms with van der Waals surface area (Å²) >= 11 is 0. The molecule has 0 spiro atoms. The van der Waals surface area contributed by atoms with Crippen LogP contribution in [0, 0.1) is 5.92 Å². The topological polar surface area (TPSA) is 38.3 Å². The van der Waals surface area contributed by atoms with Crippen molar-refractivity contribution in [3.63, 3.8) is 0 Å². The fourth-order valence-electron chi connectivity index (χ4n) is 1.99. The average molecular weight is 233 g/mol. The average Bonchev–Trinajstić information content (AvgIpc) is 2.38. The Hall–Kier alpha value is -1.51. The molecule has 17 heavy (non-hydrogen) atoms. The van der Waals surface area contributed by atoms with Gasteiger partial charge in [-0.15, -0.1) is 0 Å². The number of benzene rings is 1. The zero-order valence-electron chi connectivity index (χ0n) is 10.4. The minimum Gasteiger partial charge on any atom is -0.493 e. The van der Waals surface area contributed by atoms with Crippen LogP contribution in [-0.4, -0.2) is 12.5 Å². The van der Waals surface area contributed by atoms with Gasteiger partial charge in [0.05, 0.1) is 12.6 Å². The predicted molar refractivity (Wildman–Crippen MR) is 66.9 cm³/mol. The Bertz CT molecular complexity index is 403. The van der Waals surface area contributed by atoms with Gasteiger partial charge in [0, 0.05) is 17.9 Å². The van der Waals surface area contributed by atoms with E-state index in [1.165, 1.54) is 0 Å². The lowest BCUT2D eigenvalue weighted by atomic mass is 9.99. The highest BCUT2D eigenvalue weighted by atomic mass is 16.5. The number of ether oxygens (including phenoxy) is 1. The van der Waals surface area contributed by atoms with E-state index in [1.54, 1.807) is 0 Å². The molecule has 1 aromatic carbocycles. The summed E-state index contributed by atoms with van der Waals surface area (Å²) in [5.74, 6) is 1.10. The highest BCUT2D eigenvalue weighted by Gasteiger charge is 2.23. The highest BCUT2D eigenvalue weighted by Crippen LogP contribution is 2.31. The standard InChI is InChI=1S/C14H19NO2/c1-3-10(2)14(16)15-12-8-9-17-13-7-5-4-6-11(12)13/h4-7,10,12H,3,8-9H2,1-2H3,(H,15,16)/t10-,12-/m1/s1. The van der Waals surface area contributed by atoms with Crippen molar-refractivity contribution in [2.45, 2.75) is 32.7 Å². The first-order valence-corrected chi connectivity index (χ1v) is 6.24. The summed E-state index contributed by atoms with van der Waals surface area (Å²) in [7, 11) is 0. The van der Waals surface area contributed by atoms with E-state index in [9.17, 15) is 4.79 Å². The van der Waals surface area contributed by atoms with E-state index in [-0.39, 0.29) is 17.9 Å². The first-order chi connectivity index (χ1) is 8.22. The third-order valence-corrected chi connectivity index (χ3v) is 3.33. The molecule has 1 N–H and O–H groups in total. The van der Waals surface area contributed by atoms with Gasteiger partial charge in [-0.3, -0.25) is 4.79 Å². The molecule has 0 aliphatic carbocycles. The van der Waals surface area contributed by atoms with Crippen molar-refractivity contribution >= 4 is 5.91 Å². The first-order valence-electron chi connectivity index (χ1n) is 6.24. The molecular weight excluding hydrogens is 214 g/mol. The predicted octanol–water partition coefficient (Wildman–Crippen LogP) is 2.67. The Morgan fingerprint density at radius 2 is 2.29 bits per heavy atom. The van der Waals surface area contributed by atoms with Gasteiger partial charge < -0.3 is 10.1 Å². The maximum Gasteiger partial charge on any atom is 0.223 e. The molecule has 1 aliphatic rings. The van der Waals surface area contributed by atoms with Crippen molar-refractivity contribution in [2.24, 2.45) is 5.92 Å². The van der Waals surface area contributed by atoms with Crippen LogP contribution in [0.3, 0.4) is 0 Å². The van der Waals surface area contributed by atoms with E-state index in [0.29, 0.717) is 6.61 Å². The van der Waals surface area contributed by atoms with Crippen LogP contribution in [0.15, 0.2) is 24.3 Å². The van der Waals surface area contributed by atoms with Gasteiger partial charge in [0.2, 0.25) is 5.91 Å². The second kappa shape index (κ2) is 5.21. The fourth-order valence-corrected chi connectivity index (χ4v) is 1.99. The van der Waals surface area contributed by atoms with E-state index < -0.39 is 0 Å². The summed E-state index contributed by atoms with van der Waals surface area (Å²) in [4.78, 5) is 11.9. The molecule has 0 unspecified atom stereocenters. The van der Waals surface area contributed by atoms with Gasteiger partial charge in [-0.1, -0.05) is 32.0 Å². The van der Waals surface area contributed by atoms with Crippen LogP contribution in [-0.2, 0) is 4.79 Å². The number of carbonyl (C=O) groups is 1. The molecule has 3 heteroatoms. The Morgan fingerprint density at radius 1 is 1.53 bits per heavy atom. The van der Waals surface area contributed by atoms with Crippen LogP contribution in [0.5, 0.6) is 5.75 Å². The van der Waals surface area contributed by atoms with Crippen molar-refractivity contribution in [3.05, 3.63) is 29.8 Å². The smallest absolute Gasteiger partial charge is 0.223 e. The van der Waals surface area contributed by atoms with Gasteiger partial charge in [0.15, 0.2) is 0 Å². The van der Waals surface area contributed by atoms with Gasteiger partial charge in [0.25, 0.3) is 0 Å². The highest BCUT2D eigenvalue weighted by molar-refractivity contribution is 5.78. The minimum atomic E-state index is 0.0741. The summed E-state index contributed by atoms with van der Waals surface area (Å²) in [5, 5.41) is 3.11. The normalized spacial score (nSPS) is 20.0. The number of carbonyl (C=O) groups excluding carboxylic acids is 1. The van der Waals surface area contributed by atoms with Gasteiger partial charge in [0.1, 0.15) is 5.75 Å². The molecule has 92 valence electrons. The molecule has 0 saturated heterocycles. The second-order valence-electron chi connectivity index (χ2n) is 4.55. The van der Waals surface area contributed by atoms with Crippen LogP contribution in [0.2, 0.25) is 0 Å². The third kappa shape index (κ3) is 2.60. The van der Waals surface area contributed by atoms with Gasteiger partial charge in [-0.2, -0.15) is 0 Å². The monoisotopic (exact) mass is 233 g/mol. The van der Waals surface area contributed by atoms with Crippen LogP contribution in [0.25, 0.3) is 0 Å². The molecule has 0 bridgehead atoms. The molecule has 3 nitrogen and oxygen atoms in total.